The van der Waals surface area contributed by atoms with Gasteiger partial charge in [0, 0.05) is 11.8 Å². The van der Waals surface area contributed by atoms with Gasteiger partial charge in [0.05, 0.1) is 5.69 Å². The smallest absolute Gasteiger partial charge is 0.0702 e. The van der Waals surface area contributed by atoms with Gasteiger partial charge in [0.25, 0.3) is 0 Å². The lowest BCUT2D eigenvalue weighted by Crippen LogP contribution is -2.04. The normalized spacial score (nSPS) is 15.7. The lowest BCUT2D eigenvalue weighted by atomic mass is 9.84. The Labute approximate surface area is 141 Å². The van der Waals surface area contributed by atoms with Gasteiger partial charge < -0.3 is 0 Å². The molecule has 0 saturated heterocycles. The molecule has 1 fully saturated rings. The van der Waals surface area contributed by atoms with Crippen molar-refractivity contribution in [3.8, 4) is 11.3 Å². The van der Waals surface area contributed by atoms with Crippen LogP contribution in [0.25, 0.3) is 11.3 Å². The van der Waals surface area contributed by atoms with E-state index in [-0.39, 0.29) is 0 Å². The zero-order valence-electron chi connectivity index (χ0n) is 14.3. The maximum absolute atomic E-state index is 4.66. The van der Waals surface area contributed by atoms with E-state index in [4.69, 9.17) is 0 Å². The number of hydrogen-bond donors (Lipinski definition) is 0. The molecule has 2 aromatic rings. The SMILES string of the molecule is CCCCCc1ccc(-c2ccc(C3CC[CH]CC3)cc2)nc1. The minimum atomic E-state index is 0.753. The van der Waals surface area contributed by atoms with Crippen molar-refractivity contribution in [1.82, 2.24) is 4.98 Å². The molecule has 0 bridgehead atoms. The molecular weight excluding hydrogens is 278 g/mol. The van der Waals surface area contributed by atoms with Crippen molar-refractivity contribution in [2.45, 2.75) is 64.2 Å². The average molecular weight is 306 g/mol. The summed E-state index contributed by atoms with van der Waals surface area (Å²) < 4.78 is 0. The van der Waals surface area contributed by atoms with Gasteiger partial charge in [-0.3, -0.25) is 4.98 Å². The zero-order valence-corrected chi connectivity index (χ0v) is 14.3. The number of aromatic nitrogens is 1. The van der Waals surface area contributed by atoms with E-state index in [2.05, 4.69) is 60.9 Å². The average Bonchev–Trinajstić information content (AvgIpc) is 2.63. The molecule has 1 radical (unpaired) electrons. The summed E-state index contributed by atoms with van der Waals surface area (Å²) in [6.45, 7) is 2.25. The van der Waals surface area contributed by atoms with Crippen LogP contribution >= 0.6 is 0 Å². The fraction of sp³-hybridized carbons (Fsp3) is 0.455. The van der Waals surface area contributed by atoms with E-state index in [1.54, 1.807) is 0 Å². The van der Waals surface area contributed by atoms with E-state index in [0.29, 0.717) is 0 Å². The summed E-state index contributed by atoms with van der Waals surface area (Å²) in [6.07, 6.45) is 14.6. The quantitative estimate of drug-likeness (QED) is 0.567. The molecule has 0 N–H and O–H groups in total. The van der Waals surface area contributed by atoms with Crippen molar-refractivity contribution in [2.75, 3.05) is 0 Å². The third-order valence-electron chi connectivity index (χ3n) is 5.01. The molecular formula is C22H28N. The maximum atomic E-state index is 4.66. The van der Waals surface area contributed by atoms with Gasteiger partial charge in [-0.1, -0.05) is 50.1 Å². The second-order valence-electron chi connectivity index (χ2n) is 6.77. The summed E-state index contributed by atoms with van der Waals surface area (Å²) in [4.78, 5) is 4.66. The van der Waals surface area contributed by atoms with Gasteiger partial charge in [0.2, 0.25) is 0 Å². The molecule has 0 amide bonds. The Morgan fingerprint density at radius 1 is 0.957 bits per heavy atom. The van der Waals surface area contributed by atoms with E-state index in [1.807, 2.05) is 0 Å². The molecule has 1 heteroatoms. The van der Waals surface area contributed by atoms with Crippen LogP contribution in [-0.4, -0.2) is 4.98 Å². The topological polar surface area (TPSA) is 12.9 Å². The summed E-state index contributed by atoms with van der Waals surface area (Å²) in [6, 6.07) is 13.5. The highest BCUT2D eigenvalue weighted by molar-refractivity contribution is 5.59. The Balaban J connectivity index is 1.64. The fourth-order valence-corrected chi connectivity index (χ4v) is 3.51. The number of nitrogens with zero attached hydrogens (tertiary/aromatic N) is 1. The van der Waals surface area contributed by atoms with Crippen molar-refractivity contribution < 1.29 is 0 Å². The van der Waals surface area contributed by atoms with E-state index in [1.165, 1.54) is 61.6 Å². The van der Waals surface area contributed by atoms with Crippen molar-refractivity contribution in [3.63, 3.8) is 0 Å². The molecule has 1 aromatic carbocycles. The number of rotatable bonds is 6. The minimum Gasteiger partial charge on any atom is -0.256 e. The number of pyridine rings is 1. The summed E-state index contributed by atoms with van der Waals surface area (Å²) in [7, 11) is 0. The lowest BCUT2D eigenvalue weighted by molar-refractivity contribution is 0.512. The molecule has 0 aliphatic heterocycles. The molecule has 3 rings (SSSR count). The fourth-order valence-electron chi connectivity index (χ4n) is 3.51. The standard InChI is InChI=1S/C22H28N/c1-2-3-5-8-18-11-16-22(23-17-18)21-14-12-20(13-15-21)19-9-6-4-7-10-19/h4,11-17,19H,2-3,5-10H2,1H3. The van der Waals surface area contributed by atoms with E-state index in [9.17, 15) is 0 Å². The third kappa shape index (κ3) is 4.43. The second-order valence-corrected chi connectivity index (χ2v) is 6.77. The molecule has 0 unspecified atom stereocenters. The van der Waals surface area contributed by atoms with Crippen LogP contribution < -0.4 is 0 Å². The van der Waals surface area contributed by atoms with Crippen LogP contribution in [0.1, 0.15) is 68.9 Å². The second kappa shape index (κ2) is 8.29. The molecule has 0 spiro atoms. The van der Waals surface area contributed by atoms with Gasteiger partial charge in [-0.2, -0.15) is 0 Å². The summed E-state index contributed by atoms with van der Waals surface area (Å²) in [5.74, 6) is 0.753. The Kier molecular flexibility index (Phi) is 5.85. The molecule has 1 aromatic heterocycles. The van der Waals surface area contributed by atoms with Crippen molar-refractivity contribution in [3.05, 3.63) is 60.1 Å². The van der Waals surface area contributed by atoms with Gasteiger partial charge >= 0.3 is 0 Å². The van der Waals surface area contributed by atoms with Gasteiger partial charge in [-0.05, 0) is 68.1 Å². The first-order valence-electron chi connectivity index (χ1n) is 9.23. The first kappa shape index (κ1) is 16.2. The molecule has 1 aliphatic carbocycles. The van der Waals surface area contributed by atoms with Gasteiger partial charge in [0.15, 0.2) is 0 Å². The summed E-state index contributed by atoms with van der Waals surface area (Å²) >= 11 is 0. The Bertz CT molecular complexity index is 576. The van der Waals surface area contributed by atoms with Crippen LogP contribution in [0.3, 0.4) is 0 Å². The monoisotopic (exact) mass is 306 g/mol. The van der Waals surface area contributed by atoms with Crippen LogP contribution in [0.2, 0.25) is 0 Å². The van der Waals surface area contributed by atoms with E-state index >= 15 is 0 Å². The Morgan fingerprint density at radius 2 is 1.74 bits per heavy atom. The van der Waals surface area contributed by atoms with Crippen molar-refractivity contribution in [1.29, 1.82) is 0 Å². The molecule has 23 heavy (non-hydrogen) atoms. The highest BCUT2D eigenvalue weighted by Crippen LogP contribution is 2.33. The van der Waals surface area contributed by atoms with E-state index in [0.717, 1.165) is 18.0 Å². The number of hydrogen-bond acceptors (Lipinski definition) is 1. The predicted octanol–water partition coefficient (Wildman–Crippen LogP) is 6.34. The number of aryl methyl sites for hydroxylation is 1. The van der Waals surface area contributed by atoms with Crippen molar-refractivity contribution in [2.24, 2.45) is 0 Å². The molecule has 121 valence electrons. The van der Waals surface area contributed by atoms with Crippen LogP contribution in [-0.2, 0) is 6.42 Å². The molecule has 0 atom stereocenters. The summed E-state index contributed by atoms with van der Waals surface area (Å²) in [5.41, 5.74) is 5.18. The van der Waals surface area contributed by atoms with Crippen LogP contribution in [0, 0.1) is 6.42 Å². The number of unbranched alkanes of at least 4 members (excludes halogenated alkanes) is 2. The van der Waals surface area contributed by atoms with Crippen LogP contribution in [0.5, 0.6) is 0 Å². The largest absolute Gasteiger partial charge is 0.256 e. The zero-order chi connectivity index (χ0) is 15.9. The lowest BCUT2D eigenvalue weighted by Gasteiger charge is -2.21. The first-order chi connectivity index (χ1) is 11.4. The van der Waals surface area contributed by atoms with Gasteiger partial charge in [0.1, 0.15) is 0 Å². The Morgan fingerprint density at radius 3 is 2.39 bits per heavy atom. The van der Waals surface area contributed by atoms with Crippen molar-refractivity contribution >= 4 is 0 Å². The molecule has 1 heterocycles. The van der Waals surface area contributed by atoms with E-state index < -0.39 is 0 Å². The molecule has 1 nitrogen and oxygen atoms in total. The minimum absolute atomic E-state index is 0.753. The maximum Gasteiger partial charge on any atom is 0.0702 e. The Hall–Kier alpha value is -1.63. The predicted molar refractivity (Wildman–Crippen MR) is 98.4 cm³/mol. The summed E-state index contributed by atoms with van der Waals surface area (Å²) in [5, 5.41) is 0. The highest BCUT2D eigenvalue weighted by atomic mass is 14.7. The molecule has 1 saturated carbocycles. The van der Waals surface area contributed by atoms with Gasteiger partial charge in [-0.15, -0.1) is 0 Å². The molecule has 1 aliphatic rings. The van der Waals surface area contributed by atoms with Crippen LogP contribution in [0.15, 0.2) is 42.6 Å². The number of benzene rings is 1. The van der Waals surface area contributed by atoms with Gasteiger partial charge in [-0.25, -0.2) is 0 Å². The third-order valence-corrected chi connectivity index (χ3v) is 5.01. The highest BCUT2D eigenvalue weighted by Gasteiger charge is 2.15. The first-order valence-corrected chi connectivity index (χ1v) is 9.23. The van der Waals surface area contributed by atoms with Crippen LogP contribution in [0.4, 0.5) is 0 Å².